The molecule has 1 amide bonds. The van der Waals surface area contributed by atoms with E-state index in [0.717, 1.165) is 3.57 Å². The smallest absolute Gasteiger partial charge is 0.308 e. The zero-order valence-electron chi connectivity index (χ0n) is 12.2. The fourth-order valence-electron chi connectivity index (χ4n) is 1.97. The molecule has 0 radical (unpaired) electrons. The lowest BCUT2D eigenvalue weighted by Crippen LogP contribution is -2.35. The highest BCUT2D eigenvalue weighted by atomic mass is 127. The molecular formula is C15H19ClINO3. The minimum Gasteiger partial charge on any atom is -0.481 e. The van der Waals surface area contributed by atoms with Crippen LogP contribution in [0.2, 0.25) is 5.02 Å². The largest absolute Gasteiger partial charge is 0.481 e. The summed E-state index contributed by atoms with van der Waals surface area (Å²) in [4.78, 5) is 23.4. The first-order valence-electron chi connectivity index (χ1n) is 6.56. The van der Waals surface area contributed by atoms with Gasteiger partial charge in [0.25, 0.3) is 5.91 Å². The normalized spacial score (nSPS) is 12.8. The zero-order valence-corrected chi connectivity index (χ0v) is 15.2. The van der Waals surface area contributed by atoms with E-state index < -0.39 is 11.9 Å². The Balaban J connectivity index is 2.74. The molecule has 0 saturated heterocycles. The van der Waals surface area contributed by atoms with E-state index in [9.17, 15) is 14.7 Å². The third kappa shape index (κ3) is 6.22. The van der Waals surface area contributed by atoms with Gasteiger partial charge in [-0.2, -0.15) is 0 Å². The van der Waals surface area contributed by atoms with Crippen LogP contribution in [-0.2, 0) is 4.79 Å². The molecule has 1 aromatic rings. The molecule has 0 bridgehead atoms. The van der Waals surface area contributed by atoms with Crippen LogP contribution in [0.5, 0.6) is 0 Å². The van der Waals surface area contributed by atoms with Gasteiger partial charge in [0.15, 0.2) is 0 Å². The topological polar surface area (TPSA) is 66.4 Å². The molecule has 0 aliphatic carbocycles. The summed E-state index contributed by atoms with van der Waals surface area (Å²) in [6, 6.07) is 5.04. The molecule has 0 aromatic heterocycles. The van der Waals surface area contributed by atoms with E-state index >= 15 is 0 Å². The van der Waals surface area contributed by atoms with E-state index in [1.54, 1.807) is 18.2 Å². The van der Waals surface area contributed by atoms with Gasteiger partial charge >= 0.3 is 5.97 Å². The Hall–Kier alpha value is -0.820. The van der Waals surface area contributed by atoms with Gasteiger partial charge in [-0.25, -0.2) is 0 Å². The quantitative estimate of drug-likeness (QED) is 0.708. The number of benzene rings is 1. The third-order valence-corrected chi connectivity index (χ3v) is 4.07. The maximum Gasteiger partial charge on any atom is 0.308 e. The van der Waals surface area contributed by atoms with Crippen molar-refractivity contribution in [2.45, 2.75) is 27.2 Å². The molecule has 1 aromatic carbocycles. The average molecular weight is 424 g/mol. The molecular weight excluding hydrogens is 405 g/mol. The highest BCUT2D eigenvalue weighted by molar-refractivity contribution is 14.1. The second-order valence-corrected chi connectivity index (χ2v) is 7.73. The Morgan fingerprint density at radius 2 is 2.00 bits per heavy atom. The summed E-state index contributed by atoms with van der Waals surface area (Å²) in [6.07, 6.45) is 0.495. The first-order valence-corrected chi connectivity index (χ1v) is 8.02. The van der Waals surface area contributed by atoms with E-state index in [2.05, 4.69) is 5.32 Å². The van der Waals surface area contributed by atoms with Gasteiger partial charge in [0.2, 0.25) is 0 Å². The molecule has 0 spiro atoms. The Morgan fingerprint density at radius 3 is 2.52 bits per heavy atom. The van der Waals surface area contributed by atoms with E-state index in [-0.39, 0.29) is 17.9 Å². The summed E-state index contributed by atoms with van der Waals surface area (Å²) in [7, 11) is 0. The number of aliphatic carboxylic acids is 1. The van der Waals surface area contributed by atoms with E-state index in [0.29, 0.717) is 17.0 Å². The molecule has 116 valence electrons. The highest BCUT2D eigenvalue weighted by Crippen LogP contribution is 2.24. The third-order valence-electron chi connectivity index (χ3n) is 2.89. The summed E-state index contributed by atoms with van der Waals surface area (Å²) < 4.78 is 0.775. The molecule has 0 aliphatic rings. The molecule has 4 nitrogen and oxygen atoms in total. The van der Waals surface area contributed by atoms with Crippen molar-refractivity contribution in [1.29, 1.82) is 0 Å². The van der Waals surface area contributed by atoms with Crippen LogP contribution in [0.15, 0.2) is 18.2 Å². The average Bonchev–Trinajstić information content (AvgIpc) is 2.35. The van der Waals surface area contributed by atoms with Gasteiger partial charge in [0, 0.05) is 15.1 Å². The van der Waals surface area contributed by atoms with Crippen molar-refractivity contribution >= 4 is 46.1 Å². The Labute approximate surface area is 143 Å². The van der Waals surface area contributed by atoms with Crippen LogP contribution in [0, 0.1) is 14.9 Å². The van der Waals surface area contributed by atoms with Crippen molar-refractivity contribution in [1.82, 2.24) is 5.32 Å². The number of amides is 1. The number of carboxylic acids is 1. The van der Waals surface area contributed by atoms with Gasteiger partial charge < -0.3 is 10.4 Å². The predicted molar refractivity (Wildman–Crippen MR) is 91.7 cm³/mol. The van der Waals surface area contributed by atoms with Gasteiger partial charge in [-0.15, -0.1) is 0 Å². The van der Waals surface area contributed by atoms with Gasteiger partial charge in [-0.1, -0.05) is 32.4 Å². The molecule has 1 atom stereocenters. The first kappa shape index (κ1) is 18.2. The van der Waals surface area contributed by atoms with Crippen LogP contribution in [-0.4, -0.2) is 23.5 Å². The number of hydrogen-bond acceptors (Lipinski definition) is 2. The van der Waals surface area contributed by atoms with Crippen molar-refractivity contribution < 1.29 is 14.7 Å². The number of carbonyl (C=O) groups excluding carboxylic acids is 1. The maximum atomic E-state index is 12.1. The monoisotopic (exact) mass is 423 g/mol. The summed E-state index contributed by atoms with van der Waals surface area (Å²) >= 11 is 7.93. The summed E-state index contributed by atoms with van der Waals surface area (Å²) in [6.45, 7) is 6.04. The standard InChI is InChI=1S/C15H19ClINO3/c1-15(2,3)7-9(14(20)21)8-18-13(19)11-6-10(16)4-5-12(11)17/h4-6,9H,7-8H2,1-3H3,(H,18,19)(H,20,21). The second kappa shape index (κ2) is 7.45. The van der Waals surface area contributed by atoms with Crippen molar-refractivity contribution in [3.63, 3.8) is 0 Å². The Kier molecular flexibility index (Phi) is 6.46. The number of nitrogens with one attached hydrogen (secondary N) is 1. The van der Waals surface area contributed by atoms with Crippen molar-refractivity contribution in [2.75, 3.05) is 6.54 Å². The Bertz CT molecular complexity index is 540. The summed E-state index contributed by atoms with van der Waals surface area (Å²) in [5, 5.41) is 12.4. The lowest BCUT2D eigenvalue weighted by molar-refractivity contribution is -0.142. The molecule has 0 saturated carbocycles. The van der Waals surface area contributed by atoms with Gasteiger partial charge in [-0.05, 0) is 52.6 Å². The number of carboxylic acid groups (broad SMARTS) is 1. The summed E-state index contributed by atoms with van der Waals surface area (Å²) in [5.74, 6) is -1.81. The number of hydrogen-bond donors (Lipinski definition) is 2. The molecule has 0 heterocycles. The highest BCUT2D eigenvalue weighted by Gasteiger charge is 2.25. The first-order chi connectivity index (χ1) is 9.60. The predicted octanol–water partition coefficient (Wildman–Crippen LogP) is 3.81. The van der Waals surface area contributed by atoms with Crippen LogP contribution >= 0.6 is 34.2 Å². The maximum absolute atomic E-state index is 12.1. The van der Waals surface area contributed by atoms with Crippen LogP contribution in [0.3, 0.4) is 0 Å². The van der Waals surface area contributed by atoms with E-state index in [1.165, 1.54) is 0 Å². The van der Waals surface area contributed by atoms with Crippen molar-refractivity contribution in [2.24, 2.45) is 11.3 Å². The lowest BCUT2D eigenvalue weighted by Gasteiger charge is -2.23. The number of carbonyl (C=O) groups is 2. The minimum absolute atomic E-state index is 0.105. The summed E-state index contributed by atoms with van der Waals surface area (Å²) in [5.41, 5.74) is 0.348. The second-order valence-electron chi connectivity index (χ2n) is 6.13. The number of rotatable bonds is 5. The molecule has 1 rings (SSSR count). The minimum atomic E-state index is -0.897. The molecule has 1 unspecified atom stereocenters. The van der Waals surface area contributed by atoms with Crippen LogP contribution < -0.4 is 5.32 Å². The van der Waals surface area contributed by atoms with Gasteiger partial charge in [0.1, 0.15) is 0 Å². The Morgan fingerprint density at radius 1 is 1.38 bits per heavy atom. The van der Waals surface area contributed by atoms with Gasteiger partial charge in [0.05, 0.1) is 11.5 Å². The van der Waals surface area contributed by atoms with Crippen LogP contribution in [0.1, 0.15) is 37.6 Å². The van der Waals surface area contributed by atoms with Crippen molar-refractivity contribution in [3.8, 4) is 0 Å². The van der Waals surface area contributed by atoms with Crippen LogP contribution in [0.4, 0.5) is 0 Å². The van der Waals surface area contributed by atoms with Crippen LogP contribution in [0.25, 0.3) is 0 Å². The molecule has 0 fully saturated rings. The molecule has 6 heteroatoms. The zero-order chi connectivity index (χ0) is 16.2. The SMILES string of the molecule is CC(C)(C)CC(CNC(=O)c1cc(Cl)ccc1I)C(=O)O. The van der Waals surface area contributed by atoms with Crippen molar-refractivity contribution in [3.05, 3.63) is 32.4 Å². The lowest BCUT2D eigenvalue weighted by atomic mass is 9.84. The number of halogens is 2. The fraction of sp³-hybridized carbons (Fsp3) is 0.467. The molecule has 21 heavy (non-hydrogen) atoms. The van der Waals surface area contributed by atoms with E-state index in [1.807, 2.05) is 43.4 Å². The molecule has 2 N–H and O–H groups in total. The van der Waals surface area contributed by atoms with Gasteiger partial charge in [-0.3, -0.25) is 9.59 Å². The van der Waals surface area contributed by atoms with E-state index in [4.69, 9.17) is 11.6 Å². The molecule has 0 aliphatic heterocycles. The fourth-order valence-corrected chi connectivity index (χ4v) is 2.72.